The van der Waals surface area contributed by atoms with Gasteiger partial charge in [0.2, 0.25) is 0 Å². The zero-order chi connectivity index (χ0) is 13.1. The Kier molecular flexibility index (Phi) is 3.69. The van der Waals surface area contributed by atoms with Crippen molar-refractivity contribution in [2.45, 2.75) is 0 Å². The van der Waals surface area contributed by atoms with Crippen LogP contribution in [0.25, 0.3) is 0 Å². The minimum absolute atomic E-state index is 0.295. The predicted octanol–water partition coefficient (Wildman–Crippen LogP) is 3.22. The number of rotatable bonds is 2. The Morgan fingerprint density at radius 3 is 2.61 bits per heavy atom. The molecule has 0 saturated heterocycles. The lowest BCUT2D eigenvalue weighted by atomic mass is 10.2. The molecule has 0 fully saturated rings. The summed E-state index contributed by atoms with van der Waals surface area (Å²) < 4.78 is 0. The van der Waals surface area contributed by atoms with E-state index >= 15 is 0 Å². The number of aromatic nitrogens is 1. The molecule has 18 heavy (non-hydrogen) atoms. The summed E-state index contributed by atoms with van der Waals surface area (Å²) in [5.74, 6) is 0.0563. The molecule has 0 saturated carbocycles. The molecular formula is C12H9Cl2N3O. The molecule has 2 rings (SSSR count). The standard InChI is InChI=1S/C12H9Cl2N3O/c13-7-1-3-9(10(14)5-7)12(18)17-8-2-4-11(15)16-6-8/h1-6H,(H2,15,16)(H,17,18). The van der Waals surface area contributed by atoms with Crippen LogP contribution in [0.1, 0.15) is 10.4 Å². The van der Waals surface area contributed by atoms with Crippen molar-refractivity contribution in [1.82, 2.24) is 4.98 Å². The molecule has 1 heterocycles. The number of nitrogens with one attached hydrogen (secondary N) is 1. The predicted molar refractivity (Wildman–Crippen MR) is 73.1 cm³/mol. The quantitative estimate of drug-likeness (QED) is 0.888. The number of nitrogens with two attached hydrogens (primary N) is 1. The third kappa shape index (κ3) is 2.91. The van der Waals surface area contributed by atoms with Gasteiger partial charge in [-0.05, 0) is 30.3 Å². The van der Waals surface area contributed by atoms with E-state index in [-0.39, 0.29) is 5.91 Å². The molecule has 1 aromatic carbocycles. The Bertz CT molecular complexity index is 584. The summed E-state index contributed by atoms with van der Waals surface area (Å²) in [7, 11) is 0. The SMILES string of the molecule is Nc1ccc(NC(=O)c2ccc(Cl)cc2Cl)cn1. The van der Waals surface area contributed by atoms with Crippen molar-refractivity contribution in [2.75, 3.05) is 11.1 Å². The van der Waals surface area contributed by atoms with Crippen LogP contribution in [0.5, 0.6) is 0 Å². The van der Waals surface area contributed by atoms with Gasteiger partial charge in [-0.15, -0.1) is 0 Å². The Morgan fingerprint density at radius 2 is 2.00 bits per heavy atom. The van der Waals surface area contributed by atoms with E-state index in [1.807, 2.05) is 0 Å². The summed E-state index contributed by atoms with van der Waals surface area (Å²) >= 11 is 11.7. The van der Waals surface area contributed by atoms with E-state index in [9.17, 15) is 4.79 Å². The maximum atomic E-state index is 11.9. The molecule has 3 N–H and O–H groups in total. The van der Waals surface area contributed by atoms with Gasteiger partial charge in [0.1, 0.15) is 5.82 Å². The Hall–Kier alpha value is -1.78. The minimum Gasteiger partial charge on any atom is -0.384 e. The molecule has 0 bridgehead atoms. The van der Waals surface area contributed by atoms with Crippen LogP contribution >= 0.6 is 23.2 Å². The molecule has 0 unspecified atom stereocenters. The van der Waals surface area contributed by atoms with Gasteiger partial charge in [-0.2, -0.15) is 0 Å². The van der Waals surface area contributed by atoms with Gasteiger partial charge in [0.25, 0.3) is 5.91 Å². The number of benzene rings is 1. The zero-order valence-electron chi connectivity index (χ0n) is 9.15. The first-order chi connectivity index (χ1) is 8.56. The van der Waals surface area contributed by atoms with E-state index in [1.165, 1.54) is 12.3 Å². The highest BCUT2D eigenvalue weighted by molar-refractivity contribution is 6.37. The number of anilines is 2. The van der Waals surface area contributed by atoms with Crippen LogP contribution in [-0.2, 0) is 0 Å². The fourth-order valence-electron chi connectivity index (χ4n) is 1.35. The molecule has 4 nitrogen and oxygen atoms in total. The highest BCUT2D eigenvalue weighted by atomic mass is 35.5. The van der Waals surface area contributed by atoms with Gasteiger partial charge < -0.3 is 11.1 Å². The average Bonchev–Trinajstić information content (AvgIpc) is 2.32. The van der Waals surface area contributed by atoms with Crippen molar-refractivity contribution in [3.8, 4) is 0 Å². The molecule has 0 radical (unpaired) electrons. The molecule has 1 amide bonds. The van der Waals surface area contributed by atoms with Gasteiger partial charge in [-0.3, -0.25) is 4.79 Å². The average molecular weight is 282 g/mol. The largest absolute Gasteiger partial charge is 0.384 e. The molecular weight excluding hydrogens is 273 g/mol. The summed E-state index contributed by atoms with van der Waals surface area (Å²) in [6, 6.07) is 7.93. The normalized spacial score (nSPS) is 10.1. The number of carbonyl (C=O) groups is 1. The summed E-state index contributed by atoms with van der Waals surface area (Å²) in [5, 5.41) is 3.43. The highest BCUT2D eigenvalue weighted by Gasteiger charge is 2.10. The van der Waals surface area contributed by atoms with E-state index in [1.54, 1.807) is 24.3 Å². The van der Waals surface area contributed by atoms with Gasteiger partial charge >= 0.3 is 0 Å². The first-order valence-corrected chi connectivity index (χ1v) is 5.80. The van der Waals surface area contributed by atoms with Crippen molar-refractivity contribution >= 4 is 40.6 Å². The second kappa shape index (κ2) is 5.25. The molecule has 0 spiro atoms. The van der Waals surface area contributed by atoms with E-state index < -0.39 is 0 Å². The number of hydrogen-bond acceptors (Lipinski definition) is 3. The van der Waals surface area contributed by atoms with Crippen molar-refractivity contribution in [2.24, 2.45) is 0 Å². The van der Waals surface area contributed by atoms with Gasteiger partial charge in [-0.25, -0.2) is 4.98 Å². The van der Waals surface area contributed by atoms with E-state index in [0.29, 0.717) is 27.1 Å². The summed E-state index contributed by atoms with van der Waals surface area (Å²) in [4.78, 5) is 15.8. The number of carbonyl (C=O) groups excluding carboxylic acids is 1. The van der Waals surface area contributed by atoms with Gasteiger partial charge in [0.15, 0.2) is 0 Å². The van der Waals surface area contributed by atoms with Crippen molar-refractivity contribution in [3.63, 3.8) is 0 Å². The minimum atomic E-state index is -0.330. The summed E-state index contributed by atoms with van der Waals surface area (Å²) in [6.07, 6.45) is 1.47. The topological polar surface area (TPSA) is 68.0 Å². The van der Waals surface area contributed by atoms with Crippen LogP contribution < -0.4 is 11.1 Å². The number of amides is 1. The van der Waals surface area contributed by atoms with Crippen LogP contribution in [0.15, 0.2) is 36.5 Å². The van der Waals surface area contributed by atoms with Crippen LogP contribution in [0.3, 0.4) is 0 Å². The molecule has 0 aliphatic rings. The smallest absolute Gasteiger partial charge is 0.257 e. The summed E-state index contributed by atoms with van der Waals surface area (Å²) in [6.45, 7) is 0. The van der Waals surface area contributed by atoms with Crippen LogP contribution in [0.2, 0.25) is 10.0 Å². The van der Waals surface area contributed by atoms with Crippen molar-refractivity contribution in [3.05, 3.63) is 52.1 Å². The third-order valence-electron chi connectivity index (χ3n) is 2.22. The maximum Gasteiger partial charge on any atom is 0.257 e. The number of nitrogens with zero attached hydrogens (tertiary/aromatic N) is 1. The van der Waals surface area contributed by atoms with Crippen molar-refractivity contribution < 1.29 is 4.79 Å². The summed E-state index contributed by atoms with van der Waals surface area (Å²) in [5.41, 5.74) is 6.34. The maximum absolute atomic E-state index is 11.9. The Labute approximate surface area is 114 Å². The van der Waals surface area contributed by atoms with Crippen LogP contribution in [0.4, 0.5) is 11.5 Å². The first-order valence-electron chi connectivity index (χ1n) is 5.04. The van der Waals surface area contributed by atoms with Gasteiger partial charge in [0.05, 0.1) is 22.5 Å². The molecule has 0 atom stereocenters. The lowest BCUT2D eigenvalue weighted by molar-refractivity contribution is 0.102. The molecule has 0 aliphatic carbocycles. The fourth-order valence-corrected chi connectivity index (χ4v) is 1.85. The Morgan fingerprint density at radius 1 is 1.22 bits per heavy atom. The fraction of sp³-hybridized carbons (Fsp3) is 0. The molecule has 0 aliphatic heterocycles. The number of pyridine rings is 1. The van der Waals surface area contributed by atoms with Crippen LogP contribution in [-0.4, -0.2) is 10.9 Å². The second-order valence-electron chi connectivity index (χ2n) is 3.55. The molecule has 1 aromatic heterocycles. The molecule has 92 valence electrons. The lowest BCUT2D eigenvalue weighted by Crippen LogP contribution is -2.12. The van der Waals surface area contributed by atoms with E-state index in [0.717, 1.165) is 0 Å². The monoisotopic (exact) mass is 281 g/mol. The molecule has 2 aromatic rings. The number of hydrogen-bond donors (Lipinski definition) is 2. The highest BCUT2D eigenvalue weighted by Crippen LogP contribution is 2.22. The zero-order valence-corrected chi connectivity index (χ0v) is 10.7. The third-order valence-corrected chi connectivity index (χ3v) is 2.77. The lowest BCUT2D eigenvalue weighted by Gasteiger charge is -2.06. The first kappa shape index (κ1) is 12.7. The van der Waals surface area contributed by atoms with Gasteiger partial charge in [0, 0.05) is 5.02 Å². The van der Waals surface area contributed by atoms with E-state index in [4.69, 9.17) is 28.9 Å². The van der Waals surface area contributed by atoms with Crippen LogP contribution in [0, 0.1) is 0 Å². The van der Waals surface area contributed by atoms with E-state index in [2.05, 4.69) is 10.3 Å². The molecule has 6 heteroatoms. The van der Waals surface area contributed by atoms with Gasteiger partial charge in [-0.1, -0.05) is 23.2 Å². The number of nitrogen functional groups attached to an aromatic ring is 1. The number of halogens is 2. The Balaban J connectivity index is 2.19. The van der Waals surface area contributed by atoms with Crippen molar-refractivity contribution in [1.29, 1.82) is 0 Å². The second-order valence-corrected chi connectivity index (χ2v) is 4.39.